The summed E-state index contributed by atoms with van der Waals surface area (Å²) in [6.45, 7) is 5.79. The molecule has 1 saturated heterocycles. The molecule has 0 radical (unpaired) electrons. The number of nitrogens with one attached hydrogen (secondary N) is 1. The second-order valence-corrected chi connectivity index (χ2v) is 4.94. The molecule has 0 saturated carbocycles. The van der Waals surface area contributed by atoms with E-state index in [1.165, 1.54) is 6.42 Å². The van der Waals surface area contributed by atoms with E-state index < -0.39 is 0 Å². The van der Waals surface area contributed by atoms with E-state index in [4.69, 9.17) is 0 Å². The fourth-order valence-corrected chi connectivity index (χ4v) is 2.36. The smallest absolute Gasteiger partial charge is 0.236 e. The van der Waals surface area contributed by atoms with Crippen molar-refractivity contribution in [3.05, 3.63) is 12.2 Å². The van der Waals surface area contributed by atoms with Crippen LogP contribution in [0.4, 0.5) is 0 Å². The van der Waals surface area contributed by atoms with Gasteiger partial charge in [0.15, 0.2) is 0 Å². The normalized spacial score (nSPS) is 15.7. The van der Waals surface area contributed by atoms with Gasteiger partial charge in [0.2, 0.25) is 5.91 Å². The van der Waals surface area contributed by atoms with E-state index in [0.29, 0.717) is 13.1 Å². The zero-order valence-electron chi connectivity index (χ0n) is 11.6. The molecule has 1 aromatic rings. The predicted octanol–water partition coefficient (Wildman–Crippen LogP) is 0.790. The molecule has 0 atom stereocenters. The van der Waals surface area contributed by atoms with Crippen LogP contribution < -0.4 is 5.32 Å². The Morgan fingerprint density at radius 2 is 2.16 bits per heavy atom. The van der Waals surface area contributed by atoms with Crippen LogP contribution in [-0.4, -0.2) is 45.2 Å². The summed E-state index contributed by atoms with van der Waals surface area (Å²) in [4.78, 5) is 18.1. The zero-order chi connectivity index (χ0) is 13.5. The van der Waals surface area contributed by atoms with Crippen LogP contribution in [0.5, 0.6) is 0 Å². The average Bonchev–Trinajstić information content (AvgIpc) is 2.88. The molecule has 19 heavy (non-hydrogen) atoms. The lowest BCUT2D eigenvalue weighted by atomic mass is 10.1. The Morgan fingerprint density at radius 3 is 2.89 bits per heavy atom. The Morgan fingerprint density at radius 1 is 1.37 bits per heavy atom. The largest absolute Gasteiger partial charge is 0.342 e. The second kappa shape index (κ2) is 7.23. The first-order chi connectivity index (χ1) is 9.31. The van der Waals surface area contributed by atoms with Crippen molar-refractivity contribution in [2.24, 2.45) is 0 Å². The van der Waals surface area contributed by atoms with Crippen LogP contribution in [0.25, 0.3) is 0 Å². The molecule has 1 N–H and O–H groups in total. The molecule has 1 aliphatic rings. The van der Waals surface area contributed by atoms with Crippen LogP contribution in [0, 0.1) is 0 Å². The van der Waals surface area contributed by atoms with Crippen molar-refractivity contribution in [2.45, 2.75) is 45.7 Å². The van der Waals surface area contributed by atoms with Crippen LogP contribution in [0.15, 0.2) is 6.33 Å². The van der Waals surface area contributed by atoms with Gasteiger partial charge in [-0.25, -0.2) is 9.67 Å². The van der Waals surface area contributed by atoms with Gasteiger partial charge in [0.25, 0.3) is 0 Å². The third kappa shape index (κ3) is 4.02. The van der Waals surface area contributed by atoms with Crippen LogP contribution in [0.3, 0.4) is 0 Å². The van der Waals surface area contributed by atoms with Gasteiger partial charge < -0.3 is 10.2 Å². The first-order valence-corrected chi connectivity index (χ1v) is 7.16. The van der Waals surface area contributed by atoms with Crippen molar-refractivity contribution < 1.29 is 4.79 Å². The van der Waals surface area contributed by atoms with Crippen molar-refractivity contribution in [1.82, 2.24) is 25.0 Å². The molecule has 6 heteroatoms. The number of piperidine rings is 1. The Kier molecular flexibility index (Phi) is 5.32. The maximum Gasteiger partial charge on any atom is 0.236 e. The van der Waals surface area contributed by atoms with Gasteiger partial charge in [0.1, 0.15) is 12.2 Å². The minimum Gasteiger partial charge on any atom is -0.342 e. The molecular weight excluding hydrogens is 242 g/mol. The van der Waals surface area contributed by atoms with E-state index in [1.807, 2.05) is 9.58 Å². The van der Waals surface area contributed by atoms with Gasteiger partial charge in [-0.1, -0.05) is 6.92 Å². The number of amides is 1. The van der Waals surface area contributed by atoms with Crippen molar-refractivity contribution in [2.75, 3.05) is 19.6 Å². The summed E-state index contributed by atoms with van der Waals surface area (Å²) in [6.07, 6.45) is 6.12. The summed E-state index contributed by atoms with van der Waals surface area (Å²) in [5, 5.41) is 7.33. The van der Waals surface area contributed by atoms with Crippen molar-refractivity contribution in [3.63, 3.8) is 0 Å². The molecule has 106 valence electrons. The summed E-state index contributed by atoms with van der Waals surface area (Å²) >= 11 is 0. The fraction of sp³-hybridized carbons (Fsp3) is 0.769. The number of rotatable bonds is 6. The quantitative estimate of drug-likeness (QED) is 0.826. The lowest BCUT2D eigenvalue weighted by Gasteiger charge is -2.26. The number of carbonyl (C=O) groups excluding carboxylic acids is 1. The molecule has 2 rings (SSSR count). The zero-order valence-corrected chi connectivity index (χ0v) is 11.6. The van der Waals surface area contributed by atoms with Gasteiger partial charge in [-0.05, 0) is 25.7 Å². The number of likely N-dealkylation sites (tertiary alicyclic amines) is 1. The van der Waals surface area contributed by atoms with Crippen LogP contribution >= 0.6 is 0 Å². The lowest BCUT2D eigenvalue weighted by Crippen LogP contribution is -2.41. The minimum atomic E-state index is 0.196. The maximum atomic E-state index is 12.0. The third-order valence-corrected chi connectivity index (χ3v) is 3.40. The van der Waals surface area contributed by atoms with Crippen LogP contribution in [0.1, 0.15) is 38.4 Å². The van der Waals surface area contributed by atoms with E-state index in [-0.39, 0.29) is 5.91 Å². The molecule has 0 aliphatic carbocycles. The lowest BCUT2D eigenvalue weighted by molar-refractivity contribution is -0.131. The first kappa shape index (κ1) is 14.0. The van der Waals surface area contributed by atoms with Crippen LogP contribution in [0.2, 0.25) is 0 Å². The number of nitrogens with zero attached hydrogens (tertiary/aromatic N) is 4. The number of hydrogen-bond donors (Lipinski definition) is 1. The molecule has 0 bridgehead atoms. The number of hydrogen-bond acceptors (Lipinski definition) is 4. The van der Waals surface area contributed by atoms with Crippen molar-refractivity contribution in [3.8, 4) is 0 Å². The van der Waals surface area contributed by atoms with E-state index in [1.54, 1.807) is 6.33 Å². The Hall–Kier alpha value is -1.43. The standard InChI is InChI=1S/C13H23N5O/c1-2-6-18-12(15-11-16-18)9-14-10-13(19)17-7-4-3-5-8-17/h11,14H,2-10H2,1H3. The van der Waals surface area contributed by atoms with Gasteiger partial charge in [-0.15, -0.1) is 0 Å². The SMILES string of the molecule is CCCn1ncnc1CNCC(=O)N1CCCCC1. The molecule has 0 spiro atoms. The van der Waals surface area contributed by atoms with E-state index in [2.05, 4.69) is 22.3 Å². The Balaban J connectivity index is 1.73. The van der Waals surface area contributed by atoms with Crippen molar-refractivity contribution >= 4 is 5.91 Å². The molecular formula is C13H23N5O. The summed E-state index contributed by atoms with van der Waals surface area (Å²) < 4.78 is 1.89. The Labute approximate surface area is 114 Å². The molecule has 1 fully saturated rings. The fourth-order valence-electron chi connectivity index (χ4n) is 2.36. The monoisotopic (exact) mass is 265 g/mol. The summed E-state index contributed by atoms with van der Waals surface area (Å²) in [7, 11) is 0. The van der Waals surface area contributed by atoms with Gasteiger partial charge >= 0.3 is 0 Å². The van der Waals surface area contributed by atoms with Gasteiger partial charge in [0, 0.05) is 19.6 Å². The number of carbonyl (C=O) groups is 1. The minimum absolute atomic E-state index is 0.196. The van der Waals surface area contributed by atoms with E-state index in [9.17, 15) is 4.79 Å². The van der Waals surface area contributed by atoms with Crippen LogP contribution in [-0.2, 0) is 17.9 Å². The molecule has 2 heterocycles. The molecule has 6 nitrogen and oxygen atoms in total. The first-order valence-electron chi connectivity index (χ1n) is 7.16. The molecule has 0 unspecified atom stereocenters. The highest BCUT2D eigenvalue weighted by atomic mass is 16.2. The predicted molar refractivity (Wildman–Crippen MR) is 72.5 cm³/mol. The average molecular weight is 265 g/mol. The summed E-state index contributed by atoms with van der Waals surface area (Å²) in [5.41, 5.74) is 0. The summed E-state index contributed by atoms with van der Waals surface area (Å²) in [5.74, 6) is 1.09. The molecule has 0 aromatic carbocycles. The van der Waals surface area contributed by atoms with Crippen molar-refractivity contribution in [1.29, 1.82) is 0 Å². The van der Waals surface area contributed by atoms with Gasteiger partial charge in [0.05, 0.1) is 13.1 Å². The molecule has 1 aliphatic heterocycles. The maximum absolute atomic E-state index is 12.0. The van der Waals surface area contributed by atoms with E-state index >= 15 is 0 Å². The highest BCUT2D eigenvalue weighted by molar-refractivity contribution is 5.78. The molecule has 1 aromatic heterocycles. The topological polar surface area (TPSA) is 63.1 Å². The summed E-state index contributed by atoms with van der Waals surface area (Å²) in [6, 6.07) is 0. The molecule has 1 amide bonds. The number of aromatic nitrogens is 3. The third-order valence-electron chi connectivity index (χ3n) is 3.40. The van der Waals surface area contributed by atoms with E-state index in [0.717, 1.165) is 44.7 Å². The second-order valence-electron chi connectivity index (χ2n) is 4.94. The van der Waals surface area contributed by atoms with Gasteiger partial charge in [-0.3, -0.25) is 4.79 Å². The highest BCUT2D eigenvalue weighted by Crippen LogP contribution is 2.08. The van der Waals surface area contributed by atoms with Gasteiger partial charge in [-0.2, -0.15) is 5.10 Å². The Bertz CT molecular complexity index is 397. The highest BCUT2D eigenvalue weighted by Gasteiger charge is 2.15. The number of aryl methyl sites for hydroxylation is 1.